The van der Waals surface area contributed by atoms with Crippen molar-refractivity contribution >= 4 is 5.96 Å². The highest BCUT2D eigenvalue weighted by Crippen LogP contribution is 2.16. The minimum Gasteiger partial charge on any atom is -0.354 e. The molecule has 2 heterocycles. The number of aliphatic imine (C=N–C) groups is 1. The zero-order valence-electron chi connectivity index (χ0n) is 10.8. The van der Waals surface area contributed by atoms with Crippen LogP contribution in [0.2, 0.25) is 0 Å². The maximum absolute atomic E-state index is 4.51. The molecule has 0 saturated carbocycles. The monoisotopic (exact) mass is 235 g/mol. The minimum absolute atomic E-state index is 0.136. The Balaban J connectivity index is 1.83. The van der Waals surface area contributed by atoms with Gasteiger partial charge in [0, 0.05) is 37.6 Å². The van der Waals surface area contributed by atoms with Crippen molar-refractivity contribution in [2.45, 2.75) is 32.9 Å². The van der Waals surface area contributed by atoms with Crippen LogP contribution in [0.4, 0.5) is 0 Å². The average Bonchev–Trinajstić information content (AvgIpc) is 2.86. The lowest BCUT2D eigenvalue weighted by molar-refractivity contribution is 0.250. The van der Waals surface area contributed by atoms with E-state index >= 15 is 0 Å². The SMILES string of the molecule is CC(C)(C)N1CCN=C1NCCn1ccnc1. The van der Waals surface area contributed by atoms with Crippen molar-refractivity contribution in [2.75, 3.05) is 19.6 Å². The molecule has 17 heavy (non-hydrogen) atoms. The summed E-state index contributed by atoms with van der Waals surface area (Å²) in [6.45, 7) is 10.3. The molecule has 1 aliphatic heterocycles. The van der Waals surface area contributed by atoms with E-state index in [0.717, 1.165) is 32.1 Å². The van der Waals surface area contributed by atoms with Crippen LogP contribution in [0.15, 0.2) is 23.7 Å². The molecule has 0 saturated heterocycles. The minimum atomic E-state index is 0.136. The number of imidazole rings is 1. The van der Waals surface area contributed by atoms with E-state index in [4.69, 9.17) is 0 Å². The largest absolute Gasteiger partial charge is 0.354 e. The molecule has 0 aromatic carbocycles. The van der Waals surface area contributed by atoms with Gasteiger partial charge in [-0.15, -0.1) is 0 Å². The van der Waals surface area contributed by atoms with Crippen molar-refractivity contribution in [1.82, 2.24) is 19.8 Å². The van der Waals surface area contributed by atoms with E-state index in [2.05, 4.69) is 45.5 Å². The van der Waals surface area contributed by atoms with Gasteiger partial charge in [0.1, 0.15) is 0 Å². The lowest BCUT2D eigenvalue weighted by Gasteiger charge is -2.34. The Morgan fingerprint density at radius 2 is 2.24 bits per heavy atom. The highest BCUT2D eigenvalue weighted by atomic mass is 15.4. The Labute approximate surface area is 103 Å². The van der Waals surface area contributed by atoms with Crippen molar-refractivity contribution in [3.8, 4) is 0 Å². The molecule has 5 nitrogen and oxygen atoms in total. The Morgan fingerprint density at radius 3 is 2.88 bits per heavy atom. The van der Waals surface area contributed by atoms with Crippen LogP contribution >= 0.6 is 0 Å². The first-order valence-corrected chi connectivity index (χ1v) is 6.09. The van der Waals surface area contributed by atoms with Crippen LogP contribution < -0.4 is 5.32 Å². The normalized spacial score (nSPS) is 16.2. The Hall–Kier alpha value is -1.52. The number of hydrogen-bond acceptors (Lipinski definition) is 4. The number of guanidine groups is 1. The number of hydrogen-bond donors (Lipinski definition) is 1. The van der Waals surface area contributed by atoms with Gasteiger partial charge < -0.3 is 14.8 Å². The maximum atomic E-state index is 4.51. The van der Waals surface area contributed by atoms with E-state index < -0.39 is 0 Å². The van der Waals surface area contributed by atoms with Gasteiger partial charge >= 0.3 is 0 Å². The molecule has 1 aromatic rings. The van der Waals surface area contributed by atoms with Gasteiger partial charge in [0.05, 0.1) is 12.9 Å². The second-order valence-corrected chi connectivity index (χ2v) is 5.26. The van der Waals surface area contributed by atoms with Gasteiger partial charge in [-0.05, 0) is 20.8 Å². The highest BCUT2D eigenvalue weighted by Gasteiger charge is 2.27. The maximum Gasteiger partial charge on any atom is 0.194 e. The van der Waals surface area contributed by atoms with Crippen LogP contribution in [0, 0.1) is 0 Å². The van der Waals surface area contributed by atoms with E-state index in [1.54, 1.807) is 6.20 Å². The summed E-state index contributed by atoms with van der Waals surface area (Å²) in [7, 11) is 0. The predicted molar refractivity (Wildman–Crippen MR) is 69.0 cm³/mol. The van der Waals surface area contributed by atoms with E-state index in [0.29, 0.717) is 0 Å². The van der Waals surface area contributed by atoms with E-state index in [-0.39, 0.29) is 5.54 Å². The fourth-order valence-corrected chi connectivity index (χ4v) is 1.97. The summed E-state index contributed by atoms with van der Waals surface area (Å²) in [5.74, 6) is 1.03. The highest BCUT2D eigenvalue weighted by molar-refractivity contribution is 5.82. The molecule has 0 atom stereocenters. The third-order valence-corrected chi connectivity index (χ3v) is 2.86. The molecule has 1 aromatic heterocycles. The molecule has 0 unspecified atom stereocenters. The van der Waals surface area contributed by atoms with Crippen molar-refractivity contribution < 1.29 is 0 Å². The number of nitrogens with one attached hydrogen (secondary N) is 1. The molecule has 0 amide bonds. The van der Waals surface area contributed by atoms with Gasteiger partial charge in [0.2, 0.25) is 0 Å². The summed E-state index contributed by atoms with van der Waals surface area (Å²) in [5.41, 5.74) is 0.136. The predicted octanol–water partition coefficient (Wildman–Crippen LogP) is 0.943. The molecular formula is C12H21N5. The molecule has 5 heteroatoms. The Kier molecular flexibility index (Phi) is 3.36. The Morgan fingerprint density at radius 1 is 1.41 bits per heavy atom. The zero-order valence-corrected chi connectivity index (χ0v) is 10.8. The molecule has 0 aliphatic carbocycles. The fraction of sp³-hybridized carbons (Fsp3) is 0.667. The fourth-order valence-electron chi connectivity index (χ4n) is 1.97. The first-order chi connectivity index (χ1) is 8.07. The first-order valence-electron chi connectivity index (χ1n) is 6.09. The van der Waals surface area contributed by atoms with Gasteiger partial charge in [-0.25, -0.2) is 4.98 Å². The van der Waals surface area contributed by atoms with Gasteiger partial charge in [0.15, 0.2) is 5.96 Å². The summed E-state index contributed by atoms with van der Waals surface area (Å²) in [6, 6.07) is 0. The first kappa shape index (κ1) is 12.0. The molecule has 0 radical (unpaired) electrons. The topological polar surface area (TPSA) is 45.5 Å². The molecule has 0 fully saturated rings. The molecule has 0 bridgehead atoms. The van der Waals surface area contributed by atoms with Crippen molar-refractivity contribution in [3.05, 3.63) is 18.7 Å². The van der Waals surface area contributed by atoms with Crippen LogP contribution in [0.1, 0.15) is 20.8 Å². The van der Waals surface area contributed by atoms with Gasteiger partial charge in [-0.2, -0.15) is 0 Å². The van der Waals surface area contributed by atoms with Gasteiger partial charge in [-0.3, -0.25) is 4.99 Å². The lowest BCUT2D eigenvalue weighted by atomic mass is 10.1. The quantitative estimate of drug-likeness (QED) is 0.848. The number of aromatic nitrogens is 2. The number of rotatable bonds is 3. The van der Waals surface area contributed by atoms with E-state index in [1.807, 2.05) is 12.5 Å². The van der Waals surface area contributed by atoms with Crippen LogP contribution in [0.3, 0.4) is 0 Å². The van der Waals surface area contributed by atoms with Crippen molar-refractivity contribution in [2.24, 2.45) is 4.99 Å². The van der Waals surface area contributed by atoms with Crippen LogP contribution in [0.5, 0.6) is 0 Å². The summed E-state index contributed by atoms with van der Waals surface area (Å²) >= 11 is 0. The van der Waals surface area contributed by atoms with E-state index in [1.165, 1.54) is 0 Å². The standard InChI is InChI=1S/C12H21N5/c1-12(2,3)17-9-6-15-11(17)14-5-8-16-7-4-13-10-16/h4,7,10H,5-6,8-9H2,1-3H3,(H,14,15). The zero-order chi connectivity index (χ0) is 12.3. The second-order valence-electron chi connectivity index (χ2n) is 5.26. The molecular weight excluding hydrogens is 214 g/mol. The summed E-state index contributed by atoms with van der Waals surface area (Å²) < 4.78 is 2.06. The Bertz CT molecular complexity index is 374. The molecule has 2 rings (SSSR count). The lowest BCUT2D eigenvalue weighted by Crippen LogP contribution is -2.49. The van der Waals surface area contributed by atoms with Crippen molar-refractivity contribution in [1.29, 1.82) is 0 Å². The van der Waals surface area contributed by atoms with Gasteiger partial charge in [-0.1, -0.05) is 0 Å². The van der Waals surface area contributed by atoms with Gasteiger partial charge in [0.25, 0.3) is 0 Å². The molecule has 94 valence electrons. The summed E-state index contributed by atoms with van der Waals surface area (Å²) in [6.07, 6.45) is 5.61. The second kappa shape index (κ2) is 4.77. The summed E-state index contributed by atoms with van der Waals surface area (Å²) in [5, 5.41) is 3.40. The van der Waals surface area contributed by atoms with Crippen LogP contribution in [0.25, 0.3) is 0 Å². The average molecular weight is 235 g/mol. The molecule has 1 aliphatic rings. The smallest absolute Gasteiger partial charge is 0.194 e. The van der Waals surface area contributed by atoms with E-state index in [9.17, 15) is 0 Å². The molecule has 1 N–H and O–H groups in total. The van der Waals surface area contributed by atoms with Crippen molar-refractivity contribution in [3.63, 3.8) is 0 Å². The third kappa shape index (κ3) is 2.99. The third-order valence-electron chi connectivity index (χ3n) is 2.86. The van der Waals surface area contributed by atoms with Crippen LogP contribution in [-0.4, -0.2) is 45.6 Å². The summed E-state index contributed by atoms with van der Waals surface area (Å²) in [4.78, 5) is 10.9. The molecule has 0 spiro atoms. The van der Waals surface area contributed by atoms with Crippen LogP contribution in [-0.2, 0) is 6.54 Å². The number of nitrogens with zero attached hydrogens (tertiary/aromatic N) is 4.